The van der Waals surface area contributed by atoms with Gasteiger partial charge in [-0.15, -0.1) is 0 Å². The van der Waals surface area contributed by atoms with Crippen LogP contribution in [-0.2, 0) is 11.3 Å². The van der Waals surface area contributed by atoms with E-state index in [1.165, 1.54) is 0 Å². The number of nitrogens with two attached hydrogens (primary N) is 1. The number of carbonyl (C=O) groups is 2. The molecule has 0 aliphatic carbocycles. The minimum Gasteiger partial charge on any atom is -0.379 e. The number of benzene rings is 1. The molecule has 0 spiro atoms. The number of likely N-dealkylation sites (tertiary alicyclic amines) is 2. The number of primary amides is 1. The van der Waals surface area contributed by atoms with Crippen molar-refractivity contribution in [1.29, 1.82) is 0 Å². The second kappa shape index (κ2) is 6.91. The van der Waals surface area contributed by atoms with Crippen molar-refractivity contribution in [2.24, 2.45) is 5.73 Å². The number of rotatable bonds is 4. The average Bonchev–Trinajstić information content (AvgIpc) is 3.09. The molecule has 24 heavy (non-hydrogen) atoms. The van der Waals surface area contributed by atoms with Gasteiger partial charge in [-0.2, -0.15) is 0 Å². The molecule has 130 valence electrons. The normalized spacial score (nSPS) is 25.0. The third-order valence-corrected chi connectivity index (χ3v) is 4.99. The fourth-order valence-corrected chi connectivity index (χ4v) is 3.68. The lowest BCUT2D eigenvalue weighted by Gasteiger charge is -2.40. The molecule has 2 saturated heterocycles. The lowest BCUT2D eigenvalue weighted by Crippen LogP contribution is -2.57. The van der Waals surface area contributed by atoms with E-state index in [1.54, 1.807) is 17.0 Å². The van der Waals surface area contributed by atoms with Gasteiger partial charge in [0.25, 0.3) is 5.91 Å². The number of amides is 2. The van der Waals surface area contributed by atoms with Crippen molar-refractivity contribution in [3.8, 4) is 0 Å². The molecule has 6 heteroatoms. The van der Waals surface area contributed by atoms with Crippen molar-refractivity contribution >= 4 is 11.8 Å². The van der Waals surface area contributed by atoms with Gasteiger partial charge in [0.05, 0.1) is 0 Å². The fraction of sp³-hybridized carbons (Fsp3) is 0.556. The standard InChI is InChI=1S/C18H25N3O3/c19-16(22)15-6-4-14(5-7-15)12-20-9-3-8-18(24,13-20)17(23)21-10-1-2-11-21/h4-7,24H,1-3,8-13H2,(H2,19,22). The van der Waals surface area contributed by atoms with Crippen LogP contribution in [0.25, 0.3) is 0 Å². The number of carbonyl (C=O) groups excluding carboxylic acids is 2. The molecule has 2 aliphatic rings. The Morgan fingerprint density at radius 1 is 1.08 bits per heavy atom. The van der Waals surface area contributed by atoms with E-state index in [9.17, 15) is 14.7 Å². The molecular weight excluding hydrogens is 306 g/mol. The first kappa shape index (κ1) is 16.9. The van der Waals surface area contributed by atoms with Gasteiger partial charge in [0.15, 0.2) is 5.60 Å². The van der Waals surface area contributed by atoms with Gasteiger partial charge in [0, 0.05) is 31.7 Å². The largest absolute Gasteiger partial charge is 0.379 e. The zero-order chi connectivity index (χ0) is 17.2. The van der Waals surface area contributed by atoms with Gasteiger partial charge < -0.3 is 15.7 Å². The summed E-state index contributed by atoms with van der Waals surface area (Å²) < 4.78 is 0. The molecule has 2 amide bonds. The molecule has 0 radical (unpaired) electrons. The second-order valence-electron chi connectivity index (χ2n) is 6.91. The van der Waals surface area contributed by atoms with Crippen LogP contribution in [0.2, 0.25) is 0 Å². The third kappa shape index (κ3) is 3.60. The summed E-state index contributed by atoms with van der Waals surface area (Å²) >= 11 is 0. The van der Waals surface area contributed by atoms with Crippen LogP contribution in [0.5, 0.6) is 0 Å². The number of hydrogen-bond donors (Lipinski definition) is 2. The summed E-state index contributed by atoms with van der Waals surface area (Å²) in [4.78, 5) is 27.7. The van der Waals surface area contributed by atoms with Gasteiger partial charge in [-0.1, -0.05) is 12.1 Å². The first-order valence-corrected chi connectivity index (χ1v) is 8.61. The van der Waals surface area contributed by atoms with Gasteiger partial charge in [0.2, 0.25) is 5.91 Å². The summed E-state index contributed by atoms with van der Waals surface area (Å²) in [7, 11) is 0. The second-order valence-corrected chi connectivity index (χ2v) is 6.91. The van der Waals surface area contributed by atoms with Gasteiger partial charge in [-0.05, 0) is 49.9 Å². The van der Waals surface area contributed by atoms with E-state index in [1.807, 2.05) is 12.1 Å². The fourth-order valence-electron chi connectivity index (χ4n) is 3.68. The zero-order valence-electron chi connectivity index (χ0n) is 13.9. The van der Waals surface area contributed by atoms with Crippen LogP contribution in [0, 0.1) is 0 Å². The summed E-state index contributed by atoms with van der Waals surface area (Å²) in [6, 6.07) is 7.17. The van der Waals surface area contributed by atoms with Crippen molar-refractivity contribution < 1.29 is 14.7 Å². The molecular formula is C18H25N3O3. The molecule has 0 aromatic heterocycles. The average molecular weight is 331 g/mol. The van der Waals surface area contributed by atoms with Crippen molar-refractivity contribution in [2.45, 2.75) is 37.8 Å². The Kier molecular flexibility index (Phi) is 4.87. The molecule has 3 rings (SSSR count). The number of β-amino-alcohol motifs (C(OH)–C–C–N with tert-alkyl or cyclic N) is 1. The van der Waals surface area contributed by atoms with Crippen LogP contribution >= 0.6 is 0 Å². The predicted molar refractivity (Wildman–Crippen MR) is 90.2 cm³/mol. The van der Waals surface area contributed by atoms with Gasteiger partial charge >= 0.3 is 0 Å². The summed E-state index contributed by atoms with van der Waals surface area (Å²) in [5, 5.41) is 10.9. The smallest absolute Gasteiger partial charge is 0.255 e. The number of nitrogens with zero attached hydrogens (tertiary/aromatic N) is 2. The lowest BCUT2D eigenvalue weighted by molar-refractivity contribution is -0.156. The highest BCUT2D eigenvalue weighted by Gasteiger charge is 2.43. The van der Waals surface area contributed by atoms with Gasteiger partial charge in [-0.3, -0.25) is 14.5 Å². The van der Waals surface area contributed by atoms with E-state index in [0.717, 1.165) is 44.5 Å². The van der Waals surface area contributed by atoms with E-state index in [4.69, 9.17) is 5.73 Å². The van der Waals surface area contributed by atoms with Crippen molar-refractivity contribution in [3.05, 3.63) is 35.4 Å². The molecule has 1 aromatic rings. The molecule has 1 atom stereocenters. The molecule has 0 saturated carbocycles. The molecule has 1 aromatic carbocycles. The Hall–Kier alpha value is -1.92. The van der Waals surface area contributed by atoms with E-state index in [0.29, 0.717) is 25.1 Å². The Bertz CT molecular complexity index is 610. The summed E-state index contributed by atoms with van der Waals surface area (Å²) in [5.41, 5.74) is 5.51. The minimum atomic E-state index is -1.27. The van der Waals surface area contributed by atoms with E-state index in [2.05, 4.69) is 4.90 Å². The van der Waals surface area contributed by atoms with E-state index >= 15 is 0 Å². The zero-order valence-corrected chi connectivity index (χ0v) is 13.9. The van der Waals surface area contributed by atoms with Crippen molar-refractivity contribution in [3.63, 3.8) is 0 Å². The SMILES string of the molecule is NC(=O)c1ccc(CN2CCCC(O)(C(=O)N3CCCC3)C2)cc1. The van der Waals surface area contributed by atoms with Crippen LogP contribution in [-0.4, -0.2) is 58.5 Å². The topological polar surface area (TPSA) is 86.9 Å². The first-order valence-electron chi connectivity index (χ1n) is 8.61. The quantitative estimate of drug-likeness (QED) is 0.852. The maximum absolute atomic E-state index is 12.6. The summed E-state index contributed by atoms with van der Waals surface area (Å²) in [6.07, 6.45) is 3.38. The lowest BCUT2D eigenvalue weighted by atomic mass is 9.91. The maximum Gasteiger partial charge on any atom is 0.255 e. The maximum atomic E-state index is 12.6. The molecule has 2 aliphatic heterocycles. The molecule has 2 fully saturated rings. The van der Waals surface area contributed by atoms with Crippen LogP contribution in [0.3, 0.4) is 0 Å². The van der Waals surface area contributed by atoms with E-state index < -0.39 is 11.5 Å². The Morgan fingerprint density at radius 2 is 1.75 bits per heavy atom. The summed E-state index contributed by atoms with van der Waals surface area (Å²) in [5.74, 6) is -0.557. The highest BCUT2D eigenvalue weighted by molar-refractivity contribution is 5.92. The molecule has 6 nitrogen and oxygen atoms in total. The van der Waals surface area contributed by atoms with Crippen molar-refractivity contribution in [1.82, 2.24) is 9.80 Å². The molecule has 1 unspecified atom stereocenters. The Labute approximate surface area is 142 Å². The monoisotopic (exact) mass is 331 g/mol. The van der Waals surface area contributed by atoms with Gasteiger partial charge in [-0.25, -0.2) is 0 Å². The van der Waals surface area contributed by atoms with Gasteiger partial charge in [0.1, 0.15) is 0 Å². The molecule has 3 N–H and O–H groups in total. The van der Waals surface area contributed by atoms with Crippen LogP contribution < -0.4 is 5.73 Å². The molecule has 2 heterocycles. The highest BCUT2D eigenvalue weighted by atomic mass is 16.3. The Morgan fingerprint density at radius 3 is 2.38 bits per heavy atom. The number of hydrogen-bond acceptors (Lipinski definition) is 4. The minimum absolute atomic E-state index is 0.117. The number of aliphatic hydroxyl groups is 1. The predicted octanol–water partition coefficient (Wildman–Crippen LogP) is 0.735. The Balaban J connectivity index is 1.64. The third-order valence-electron chi connectivity index (χ3n) is 4.99. The van der Waals surface area contributed by atoms with Crippen LogP contribution in [0.4, 0.5) is 0 Å². The van der Waals surface area contributed by atoms with E-state index in [-0.39, 0.29) is 5.91 Å². The van der Waals surface area contributed by atoms with Crippen molar-refractivity contribution in [2.75, 3.05) is 26.2 Å². The van der Waals surface area contributed by atoms with Crippen LogP contribution in [0.1, 0.15) is 41.6 Å². The van der Waals surface area contributed by atoms with Crippen LogP contribution in [0.15, 0.2) is 24.3 Å². The molecule has 0 bridgehead atoms. The first-order chi connectivity index (χ1) is 11.5. The summed E-state index contributed by atoms with van der Waals surface area (Å²) in [6.45, 7) is 3.38. The highest BCUT2D eigenvalue weighted by Crippen LogP contribution is 2.26. The number of piperidine rings is 1.